The second-order valence-corrected chi connectivity index (χ2v) is 7.15. The first-order chi connectivity index (χ1) is 14.7. The lowest BCUT2D eigenvalue weighted by atomic mass is 10.1. The average Bonchev–Trinajstić information content (AvgIpc) is 3.09. The fourth-order valence-electron chi connectivity index (χ4n) is 2.56. The average molecular weight is 445 g/mol. The Balaban J connectivity index is 1.91. The molecular weight excluding hydrogens is 428 g/mol. The van der Waals surface area contributed by atoms with Gasteiger partial charge in [-0.3, -0.25) is 14.9 Å². The molecule has 0 N–H and O–H groups in total. The van der Waals surface area contributed by atoms with Crippen LogP contribution in [0, 0.1) is 16.0 Å². The number of aliphatic imine (C=N–C) groups is 1. The molecular formula is C21H17ClN2O7. The van der Waals surface area contributed by atoms with Crippen molar-refractivity contribution in [1.82, 2.24) is 0 Å². The third kappa shape index (κ3) is 4.89. The SMILES string of the molecule is COc1cc(/C=C2\N=C(c3ccc(Cl)c([N+](=O)[O-])c3)OC2=O)ccc1OC(=O)C(C)C. The van der Waals surface area contributed by atoms with E-state index in [-0.39, 0.29) is 39.5 Å². The molecule has 0 radical (unpaired) electrons. The Morgan fingerprint density at radius 2 is 1.97 bits per heavy atom. The maximum absolute atomic E-state index is 12.2. The summed E-state index contributed by atoms with van der Waals surface area (Å²) in [5.41, 5.74) is 0.440. The Hall–Kier alpha value is -3.72. The number of nitro groups is 1. The lowest BCUT2D eigenvalue weighted by Gasteiger charge is -2.11. The van der Waals surface area contributed by atoms with Crippen LogP contribution in [-0.4, -0.2) is 29.9 Å². The highest BCUT2D eigenvalue weighted by atomic mass is 35.5. The number of rotatable bonds is 6. The molecule has 0 saturated carbocycles. The molecule has 0 bridgehead atoms. The molecule has 0 saturated heterocycles. The number of benzene rings is 2. The van der Waals surface area contributed by atoms with E-state index >= 15 is 0 Å². The van der Waals surface area contributed by atoms with Gasteiger partial charge in [0.05, 0.1) is 18.0 Å². The van der Waals surface area contributed by atoms with E-state index in [2.05, 4.69) is 4.99 Å². The van der Waals surface area contributed by atoms with Gasteiger partial charge >= 0.3 is 11.9 Å². The minimum atomic E-state index is -0.720. The number of esters is 2. The molecule has 1 aliphatic rings. The van der Waals surface area contributed by atoms with Crippen LogP contribution >= 0.6 is 11.6 Å². The monoisotopic (exact) mass is 444 g/mol. The van der Waals surface area contributed by atoms with Gasteiger partial charge in [0, 0.05) is 11.6 Å². The lowest BCUT2D eigenvalue weighted by Crippen LogP contribution is -2.15. The maximum Gasteiger partial charge on any atom is 0.363 e. The van der Waals surface area contributed by atoms with Crippen LogP contribution in [0.2, 0.25) is 5.02 Å². The van der Waals surface area contributed by atoms with E-state index in [0.717, 1.165) is 0 Å². The van der Waals surface area contributed by atoms with Crippen molar-refractivity contribution in [2.24, 2.45) is 10.9 Å². The quantitative estimate of drug-likeness (QED) is 0.216. The van der Waals surface area contributed by atoms with E-state index in [9.17, 15) is 19.7 Å². The summed E-state index contributed by atoms with van der Waals surface area (Å²) in [5.74, 6) is -0.971. The topological polar surface area (TPSA) is 117 Å². The van der Waals surface area contributed by atoms with E-state index in [0.29, 0.717) is 11.3 Å². The summed E-state index contributed by atoms with van der Waals surface area (Å²) in [6, 6.07) is 8.70. The second kappa shape index (κ2) is 8.97. The zero-order valence-corrected chi connectivity index (χ0v) is 17.5. The van der Waals surface area contributed by atoms with Crippen molar-refractivity contribution in [3.8, 4) is 11.5 Å². The van der Waals surface area contributed by atoms with Crippen LogP contribution in [0.3, 0.4) is 0 Å². The third-order valence-electron chi connectivity index (χ3n) is 4.18. The standard InChI is InChI=1S/C21H17ClN2O7/c1-11(2)20(25)30-17-7-4-12(9-18(17)29-3)8-15-21(26)31-19(23-15)13-5-6-14(22)16(10-13)24(27)28/h4-11H,1-3H3/b15-8-. The molecule has 9 nitrogen and oxygen atoms in total. The normalized spacial score (nSPS) is 14.4. The predicted octanol–water partition coefficient (Wildman–Crippen LogP) is 4.16. The van der Waals surface area contributed by atoms with Gasteiger partial charge in [0.25, 0.3) is 5.69 Å². The van der Waals surface area contributed by atoms with Crippen LogP contribution in [0.5, 0.6) is 11.5 Å². The number of methoxy groups -OCH3 is 1. The number of nitrogens with zero attached hydrogens (tertiary/aromatic N) is 2. The molecule has 0 aliphatic carbocycles. The van der Waals surface area contributed by atoms with Gasteiger partial charge in [-0.1, -0.05) is 31.5 Å². The molecule has 0 fully saturated rings. The Morgan fingerprint density at radius 3 is 2.61 bits per heavy atom. The molecule has 31 heavy (non-hydrogen) atoms. The minimum absolute atomic E-state index is 0.0124. The van der Waals surface area contributed by atoms with E-state index < -0.39 is 16.9 Å². The van der Waals surface area contributed by atoms with Crippen molar-refractivity contribution >= 4 is 41.2 Å². The van der Waals surface area contributed by atoms with Gasteiger partial charge < -0.3 is 14.2 Å². The Kier molecular flexibility index (Phi) is 6.36. The fourth-order valence-corrected chi connectivity index (χ4v) is 2.75. The van der Waals surface area contributed by atoms with Gasteiger partial charge in [0.15, 0.2) is 17.2 Å². The fraction of sp³-hybridized carbons (Fsp3) is 0.190. The first kappa shape index (κ1) is 22.0. The van der Waals surface area contributed by atoms with Crippen molar-refractivity contribution in [3.63, 3.8) is 0 Å². The van der Waals surface area contributed by atoms with E-state index in [1.807, 2.05) is 0 Å². The van der Waals surface area contributed by atoms with Crippen LogP contribution < -0.4 is 9.47 Å². The van der Waals surface area contributed by atoms with Gasteiger partial charge in [-0.2, -0.15) is 0 Å². The molecule has 10 heteroatoms. The molecule has 0 aromatic heterocycles. The Morgan fingerprint density at radius 1 is 1.23 bits per heavy atom. The number of halogens is 1. The number of hydrogen-bond donors (Lipinski definition) is 0. The minimum Gasteiger partial charge on any atom is -0.493 e. The number of carbonyl (C=O) groups excluding carboxylic acids is 2. The number of ether oxygens (including phenoxy) is 3. The summed E-state index contributed by atoms with van der Waals surface area (Å²) in [4.78, 5) is 38.6. The largest absolute Gasteiger partial charge is 0.493 e. The van der Waals surface area contributed by atoms with Crippen LogP contribution in [0.4, 0.5) is 5.69 Å². The lowest BCUT2D eigenvalue weighted by molar-refractivity contribution is -0.384. The van der Waals surface area contributed by atoms with E-state index in [4.69, 9.17) is 25.8 Å². The van der Waals surface area contributed by atoms with Gasteiger partial charge in [0.1, 0.15) is 5.02 Å². The molecule has 0 spiro atoms. The summed E-state index contributed by atoms with van der Waals surface area (Å²) in [7, 11) is 1.42. The molecule has 3 rings (SSSR count). The number of carbonyl (C=O) groups is 2. The van der Waals surface area contributed by atoms with Crippen LogP contribution in [-0.2, 0) is 14.3 Å². The molecule has 0 amide bonds. The number of hydrogen-bond acceptors (Lipinski definition) is 8. The van der Waals surface area contributed by atoms with Crippen LogP contribution in [0.25, 0.3) is 6.08 Å². The van der Waals surface area contributed by atoms with Gasteiger partial charge in [-0.25, -0.2) is 9.79 Å². The second-order valence-electron chi connectivity index (χ2n) is 6.75. The summed E-state index contributed by atoms with van der Waals surface area (Å²) in [6.07, 6.45) is 1.45. The van der Waals surface area contributed by atoms with Crippen LogP contribution in [0.1, 0.15) is 25.0 Å². The van der Waals surface area contributed by atoms with Crippen molar-refractivity contribution in [1.29, 1.82) is 0 Å². The molecule has 160 valence electrons. The molecule has 0 unspecified atom stereocenters. The van der Waals surface area contributed by atoms with E-state index in [1.165, 1.54) is 31.4 Å². The van der Waals surface area contributed by atoms with Gasteiger partial charge in [-0.15, -0.1) is 0 Å². The van der Waals surface area contributed by atoms with Crippen molar-refractivity contribution in [2.45, 2.75) is 13.8 Å². The zero-order valence-electron chi connectivity index (χ0n) is 16.7. The van der Waals surface area contributed by atoms with Gasteiger partial charge in [-0.05, 0) is 35.9 Å². The Bertz CT molecular complexity index is 1140. The smallest absolute Gasteiger partial charge is 0.363 e. The highest BCUT2D eigenvalue weighted by Gasteiger charge is 2.26. The molecule has 2 aromatic carbocycles. The summed E-state index contributed by atoms with van der Waals surface area (Å²) >= 11 is 5.81. The highest BCUT2D eigenvalue weighted by molar-refractivity contribution is 6.32. The van der Waals surface area contributed by atoms with Gasteiger partial charge in [0.2, 0.25) is 5.90 Å². The maximum atomic E-state index is 12.2. The summed E-state index contributed by atoms with van der Waals surface area (Å²) in [5, 5.41) is 11.0. The molecule has 1 heterocycles. The molecule has 0 atom stereocenters. The number of cyclic esters (lactones) is 1. The first-order valence-electron chi connectivity index (χ1n) is 9.06. The summed E-state index contributed by atoms with van der Waals surface area (Å²) in [6.45, 7) is 3.42. The molecule has 2 aromatic rings. The third-order valence-corrected chi connectivity index (χ3v) is 4.50. The first-order valence-corrected chi connectivity index (χ1v) is 9.44. The van der Waals surface area contributed by atoms with E-state index in [1.54, 1.807) is 32.0 Å². The molecule has 1 aliphatic heterocycles. The summed E-state index contributed by atoms with van der Waals surface area (Å²) < 4.78 is 15.7. The Labute approximate surface area is 182 Å². The van der Waals surface area contributed by atoms with Crippen molar-refractivity contribution < 1.29 is 28.7 Å². The predicted molar refractivity (Wildman–Crippen MR) is 112 cm³/mol. The highest BCUT2D eigenvalue weighted by Crippen LogP contribution is 2.31. The van der Waals surface area contributed by atoms with Crippen molar-refractivity contribution in [2.75, 3.05) is 7.11 Å². The number of nitro benzene ring substituents is 1. The zero-order chi connectivity index (χ0) is 22.7. The van der Waals surface area contributed by atoms with Crippen LogP contribution in [0.15, 0.2) is 47.1 Å². The van der Waals surface area contributed by atoms with Crippen molar-refractivity contribution in [3.05, 3.63) is 68.4 Å².